The van der Waals surface area contributed by atoms with Crippen LogP contribution in [0.4, 0.5) is 17.5 Å². The Bertz CT molecular complexity index is 1430. The van der Waals surface area contributed by atoms with Crippen LogP contribution < -0.4 is 16.8 Å². The standard InChI is InChI=1S/C24H24N8O/c25-14-9-11-16(12-10-14)32-23-19(22(26)27-13-28-23)21(31-32)17-7-4-8-18-20(17)30-24(33-18)29-15-5-2-1-3-6-15/h1-8,13-14,16H,9-12,25H2,(H,29,30)(H2,26,27,28). The van der Waals surface area contributed by atoms with Crippen LogP contribution >= 0.6 is 0 Å². The van der Waals surface area contributed by atoms with Crippen molar-refractivity contribution in [1.82, 2.24) is 24.7 Å². The molecule has 1 fully saturated rings. The third-order valence-corrected chi connectivity index (χ3v) is 6.30. The van der Waals surface area contributed by atoms with Crippen molar-refractivity contribution in [3.05, 3.63) is 54.9 Å². The molecule has 166 valence electrons. The lowest BCUT2D eigenvalue weighted by Crippen LogP contribution is -2.28. The summed E-state index contributed by atoms with van der Waals surface area (Å²) in [4.78, 5) is 13.5. The SMILES string of the molecule is Nc1ncnc2c1c(-c1cccc3oc(Nc4ccccc4)nc13)nn2C1CCC(N)CC1. The Morgan fingerprint density at radius 1 is 0.970 bits per heavy atom. The maximum atomic E-state index is 6.33. The molecule has 33 heavy (non-hydrogen) atoms. The van der Waals surface area contributed by atoms with Gasteiger partial charge < -0.3 is 21.2 Å². The third kappa shape index (κ3) is 3.46. The smallest absolute Gasteiger partial charge is 0.300 e. The number of para-hydroxylation sites is 2. The highest BCUT2D eigenvalue weighted by Crippen LogP contribution is 2.38. The minimum atomic E-state index is 0.224. The van der Waals surface area contributed by atoms with Crippen molar-refractivity contribution in [2.24, 2.45) is 5.73 Å². The number of fused-ring (bicyclic) bond motifs is 2. The Morgan fingerprint density at radius 2 is 1.79 bits per heavy atom. The van der Waals surface area contributed by atoms with Gasteiger partial charge in [-0.3, -0.25) is 0 Å². The Labute approximate surface area is 189 Å². The van der Waals surface area contributed by atoms with E-state index in [0.29, 0.717) is 28.6 Å². The monoisotopic (exact) mass is 440 g/mol. The van der Waals surface area contributed by atoms with Gasteiger partial charge in [-0.05, 0) is 43.9 Å². The first kappa shape index (κ1) is 19.7. The van der Waals surface area contributed by atoms with Gasteiger partial charge >= 0.3 is 0 Å². The number of nitrogens with zero attached hydrogens (tertiary/aromatic N) is 5. The zero-order chi connectivity index (χ0) is 22.4. The summed E-state index contributed by atoms with van der Waals surface area (Å²) in [5.41, 5.74) is 17.0. The molecule has 5 N–H and O–H groups in total. The van der Waals surface area contributed by atoms with Crippen molar-refractivity contribution in [3.8, 4) is 11.3 Å². The quantitative estimate of drug-likeness (QED) is 0.374. The highest BCUT2D eigenvalue weighted by molar-refractivity contribution is 6.04. The number of nitrogen functional groups attached to an aromatic ring is 1. The van der Waals surface area contributed by atoms with Crippen molar-refractivity contribution in [2.75, 3.05) is 11.1 Å². The van der Waals surface area contributed by atoms with Crippen LogP contribution in [0.3, 0.4) is 0 Å². The van der Waals surface area contributed by atoms with E-state index in [1.807, 2.05) is 53.2 Å². The second kappa shape index (κ2) is 7.86. The maximum absolute atomic E-state index is 6.33. The van der Waals surface area contributed by atoms with E-state index < -0.39 is 0 Å². The lowest BCUT2D eigenvalue weighted by molar-refractivity contribution is 0.310. The van der Waals surface area contributed by atoms with Crippen LogP contribution in [-0.4, -0.2) is 30.8 Å². The van der Waals surface area contributed by atoms with Gasteiger partial charge in [0, 0.05) is 17.3 Å². The average molecular weight is 441 g/mol. The summed E-state index contributed by atoms with van der Waals surface area (Å²) in [6.45, 7) is 0. The van der Waals surface area contributed by atoms with Gasteiger partial charge in [0.25, 0.3) is 6.01 Å². The fourth-order valence-corrected chi connectivity index (χ4v) is 4.62. The molecule has 0 radical (unpaired) electrons. The van der Waals surface area contributed by atoms with E-state index in [0.717, 1.165) is 48.0 Å². The number of hydrogen-bond acceptors (Lipinski definition) is 8. The number of anilines is 3. The van der Waals surface area contributed by atoms with Gasteiger partial charge in [0.1, 0.15) is 23.4 Å². The van der Waals surface area contributed by atoms with Crippen LogP contribution in [0.25, 0.3) is 33.4 Å². The normalized spacial score (nSPS) is 18.7. The number of hydrogen-bond donors (Lipinski definition) is 3. The van der Waals surface area contributed by atoms with Gasteiger partial charge in [0.15, 0.2) is 11.2 Å². The van der Waals surface area contributed by atoms with Crippen LogP contribution in [0.1, 0.15) is 31.7 Å². The molecule has 1 aliphatic carbocycles. The number of oxazole rings is 1. The zero-order valence-electron chi connectivity index (χ0n) is 18.0. The van der Waals surface area contributed by atoms with E-state index in [4.69, 9.17) is 26.0 Å². The molecule has 6 rings (SSSR count). The molecule has 0 bridgehead atoms. The Kier molecular flexibility index (Phi) is 4.69. The largest absolute Gasteiger partial charge is 0.423 e. The number of aromatic nitrogens is 5. The molecule has 1 saturated carbocycles. The summed E-state index contributed by atoms with van der Waals surface area (Å²) in [5, 5.41) is 8.96. The number of benzene rings is 2. The summed E-state index contributed by atoms with van der Waals surface area (Å²) in [5.74, 6) is 0.400. The van der Waals surface area contributed by atoms with Gasteiger partial charge in [-0.1, -0.05) is 30.3 Å². The lowest BCUT2D eigenvalue weighted by atomic mass is 9.92. The predicted octanol–water partition coefficient (Wildman–Crippen LogP) is 4.40. The molecule has 0 unspecified atom stereocenters. The average Bonchev–Trinajstić information content (AvgIpc) is 3.42. The zero-order valence-corrected chi connectivity index (χ0v) is 18.0. The maximum Gasteiger partial charge on any atom is 0.300 e. The highest BCUT2D eigenvalue weighted by Gasteiger charge is 2.27. The second-order valence-corrected chi connectivity index (χ2v) is 8.48. The van der Waals surface area contributed by atoms with Gasteiger partial charge in [-0.15, -0.1) is 0 Å². The highest BCUT2D eigenvalue weighted by atomic mass is 16.4. The molecule has 2 aromatic carbocycles. The molecule has 1 aliphatic rings. The summed E-state index contributed by atoms with van der Waals surface area (Å²) >= 11 is 0. The minimum Gasteiger partial charge on any atom is -0.423 e. The Morgan fingerprint density at radius 3 is 2.61 bits per heavy atom. The van der Waals surface area contributed by atoms with E-state index >= 15 is 0 Å². The predicted molar refractivity (Wildman–Crippen MR) is 128 cm³/mol. The van der Waals surface area contributed by atoms with Crippen molar-refractivity contribution in [3.63, 3.8) is 0 Å². The summed E-state index contributed by atoms with van der Waals surface area (Å²) in [7, 11) is 0. The van der Waals surface area contributed by atoms with E-state index in [1.165, 1.54) is 6.33 Å². The van der Waals surface area contributed by atoms with Crippen LogP contribution in [0.5, 0.6) is 0 Å². The Hall–Kier alpha value is -3.98. The topological polar surface area (TPSA) is 134 Å². The van der Waals surface area contributed by atoms with Gasteiger partial charge in [0.05, 0.1) is 11.4 Å². The molecular formula is C24H24N8O. The first-order chi connectivity index (χ1) is 16.2. The molecule has 9 nitrogen and oxygen atoms in total. The molecule has 9 heteroatoms. The molecular weight excluding hydrogens is 416 g/mol. The fourth-order valence-electron chi connectivity index (χ4n) is 4.62. The summed E-state index contributed by atoms with van der Waals surface area (Å²) in [6.07, 6.45) is 5.35. The fraction of sp³-hybridized carbons (Fsp3) is 0.250. The van der Waals surface area contributed by atoms with Crippen LogP contribution in [-0.2, 0) is 0 Å². The van der Waals surface area contributed by atoms with Gasteiger partial charge in [0.2, 0.25) is 0 Å². The first-order valence-electron chi connectivity index (χ1n) is 11.1. The van der Waals surface area contributed by atoms with E-state index in [-0.39, 0.29) is 12.1 Å². The van der Waals surface area contributed by atoms with Crippen LogP contribution in [0.2, 0.25) is 0 Å². The number of rotatable bonds is 4. The molecule has 0 aliphatic heterocycles. The summed E-state index contributed by atoms with van der Waals surface area (Å²) in [6, 6.07) is 16.5. The molecule has 3 heterocycles. The second-order valence-electron chi connectivity index (χ2n) is 8.48. The molecule has 5 aromatic rings. The molecule has 0 atom stereocenters. The molecule has 0 saturated heterocycles. The van der Waals surface area contributed by atoms with Crippen LogP contribution in [0.15, 0.2) is 59.3 Å². The van der Waals surface area contributed by atoms with Gasteiger partial charge in [-0.2, -0.15) is 10.1 Å². The van der Waals surface area contributed by atoms with E-state index in [1.54, 1.807) is 0 Å². The number of nitrogens with two attached hydrogens (primary N) is 2. The number of nitrogens with one attached hydrogen (secondary N) is 1. The molecule has 0 spiro atoms. The summed E-state index contributed by atoms with van der Waals surface area (Å²) < 4.78 is 7.97. The lowest BCUT2D eigenvalue weighted by Gasteiger charge is -2.26. The third-order valence-electron chi connectivity index (χ3n) is 6.30. The van der Waals surface area contributed by atoms with Crippen molar-refractivity contribution < 1.29 is 4.42 Å². The minimum absolute atomic E-state index is 0.224. The van der Waals surface area contributed by atoms with E-state index in [2.05, 4.69) is 15.3 Å². The van der Waals surface area contributed by atoms with Gasteiger partial charge in [-0.25, -0.2) is 14.6 Å². The van der Waals surface area contributed by atoms with Crippen LogP contribution in [0, 0.1) is 0 Å². The molecule has 0 amide bonds. The van der Waals surface area contributed by atoms with E-state index in [9.17, 15) is 0 Å². The van der Waals surface area contributed by atoms with Crippen molar-refractivity contribution >= 4 is 39.7 Å². The first-order valence-corrected chi connectivity index (χ1v) is 11.1. The van der Waals surface area contributed by atoms with Crippen molar-refractivity contribution in [1.29, 1.82) is 0 Å². The Balaban J connectivity index is 1.48. The van der Waals surface area contributed by atoms with Crippen molar-refractivity contribution in [2.45, 2.75) is 37.8 Å². The molecule has 3 aromatic heterocycles.